The molecule has 0 spiro atoms. The number of aryl methyl sites for hydroxylation is 1. The first kappa shape index (κ1) is 17.2. The molecule has 1 aliphatic carbocycles. The molecule has 1 aromatic rings. The lowest BCUT2D eigenvalue weighted by molar-refractivity contribution is -0.131. The molecule has 0 aromatic carbocycles. The molecule has 4 N–H and O–H groups in total. The third-order valence-electron chi connectivity index (χ3n) is 4.51. The van der Waals surface area contributed by atoms with E-state index in [0.717, 1.165) is 12.8 Å². The second kappa shape index (κ2) is 6.73. The Kier molecular flexibility index (Phi) is 4.65. The number of nitrogens with two attached hydrogens (primary N) is 1. The summed E-state index contributed by atoms with van der Waals surface area (Å²) in [5.74, 6) is 0.702. The van der Waals surface area contributed by atoms with Gasteiger partial charge in [0.1, 0.15) is 6.04 Å². The van der Waals surface area contributed by atoms with Crippen LogP contribution in [0.3, 0.4) is 0 Å². The SMILES string of the molecule is Cc1nc(C2CC2)oc1C(=O)N[C@H]1CCN(C(=O)[C@H](C)NC(N)=O)C1. The van der Waals surface area contributed by atoms with Gasteiger partial charge in [-0.3, -0.25) is 9.59 Å². The maximum absolute atomic E-state index is 12.4. The number of hydrogen-bond acceptors (Lipinski definition) is 5. The molecule has 1 aromatic heterocycles. The number of nitrogens with one attached hydrogen (secondary N) is 2. The minimum atomic E-state index is -0.739. The molecule has 1 aliphatic heterocycles. The van der Waals surface area contributed by atoms with Crippen molar-refractivity contribution in [3.63, 3.8) is 0 Å². The summed E-state index contributed by atoms with van der Waals surface area (Å²) in [6, 6.07) is -1.59. The highest BCUT2D eigenvalue weighted by Crippen LogP contribution is 2.40. The van der Waals surface area contributed by atoms with Gasteiger partial charge in [0.15, 0.2) is 5.89 Å². The Morgan fingerprint density at radius 2 is 2.04 bits per heavy atom. The van der Waals surface area contributed by atoms with E-state index >= 15 is 0 Å². The van der Waals surface area contributed by atoms with Gasteiger partial charge in [-0.05, 0) is 33.1 Å². The number of primary amides is 1. The van der Waals surface area contributed by atoms with Gasteiger partial charge in [0.25, 0.3) is 5.91 Å². The van der Waals surface area contributed by atoms with Crippen molar-refractivity contribution in [2.24, 2.45) is 5.73 Å². The molecule has 0 radical (unpaired) electrons. The minimum Gasteiger partial charge on any atom is -0.435 e. The van der Waals surface area contributed by atoms with Crippen LogP contribution < -0.4 is 16.4 Å². The van der Waals surface area contributed by atoms with E-state index in [2.05, 4.69) is 15.6 Å². The van der Waals surface area contributed by atoms with Gasteiger partial charge in [-0.25, -0.2) is 9.78 Å². The van der Waals surface area contributed by atoms with E-state index in [4.69, 9.17) is 10.2 Å². The van der Waals surface area contributed by atoms with Crippen molar-refractivity contribution in [2.75, 3.05) is 13.1 Å². The van der Waals surface area contributed by atoms with Crippen LogP contribution in [0.4, 0.5) is 4.79 Å². The minimum absolute atomic E-state index is 0.161. The topological polar surface area (TPSA) is 131 Å². The number of urea groups is 1. The predicted octanol–water partition coefficient (Wildman–Crippen LogP) is 0.248. The van der Waals surface area contributed by atoms with Crippen LogP contribution in [-0.2, 0) is 4.79 Å². The maximum atomic E-state index is 12.4. The van der Waals surface area contributed by atoms with Crippen molar-refractivity contribution >= 4 is 17.8 Å². The second-order valence-corrected chi connectivity index (χ2v) is 6.71. The fourth-order valence-corrected chi connectivity index (χ4v) is 3.01. The van der Waals surface area contributed by atoms with Gasteiger partial charge >= 0.3 is 6.03 Å². The van der Waals surface area contributed by atoms with E-state index in [1.807, 2.05) is 0 Å². The number of likely N-dealkylation sites (tertiary alicyclic amines) is 1. The molecule has 1 saturated heterocycles. The highest BCUT2D eigenvalue weighted by molar-refractivity contribution is 5.93. The Labute approximate surface area is 145 Å². The van der Waals surface area contributed by atoms with Crippen LogP contribution in [0.15, 0.2) is 4.42 Å². The molecule has 2 heterocycles. The van der Waals surface area contributed by atoms with E-state index in [9.17, 15) is 14.4 Å². The third kappa shape index (κ3) is 3.92. The van der Waals surface area contributed by atoms with Crippen LogP contribution >= 0.6 is 0 Å². The monoisotopic (exact) mass is 349 g/mol. The molecule has 0 unspecified atom stereocenters. The molecule has 9 nitrogen and oxygen atoms in total. The van der Waals surface area contributed by atoms with Crippen LogP contribution in [0.5, 0.6) is 0 Å². The fraction of sp³-hybridized carbons (Fsp3) is 0.625. The van der Waals surface area contributed by atoms with Gasteiger partial charge in [-0.1, -0.05) is 0 Å². The van der Waals surface area contributed by atoms with E-state index in [1.165, 1.54) is 0 Å². The number of amides is 4. The molecule has 25 heavy (non-hydrogen) atoms. The van der Waals surface area contributed by atoms with Gasteiger partial charge in [-0.15, -0.1) is 0 Å². The number of oxazole rings is 1. The summed E-state index contributed by atoms with van der Waals surface area (Å²) in [7, 11) is 0. The molecule has 0 bridgehead atoms. The summed E-state index contributed by atoms with van der Waals surface area (Å²) in [6.45, 7) is 4.23. The normalized spacial score (nSPS) is 21.0. The fourth-order valence-electron chi connectivity index (χ4n) is 3.01. The molecule has 2 fully saturated rings. The Morgan fingerprint density at radius 1 is 1.32 bits per heavy atom. The van der Waals surface area contributed by atoms with Gasteiger partial charge in [0.05, 0.1) is 5.69 Å². The molecule has 1 saturated carbocycles. The lowest BCUT2D eigenvalue weighted by Gasteiger charge is -2.21. The highest BCUT2D eigenvalue weighted by Gasteiger charge is 2.33. The molecule has 136 valence electrons. The molecule has 2 atom stereocenters. The van der Waals surface area contributed by atoms with Crippen molar-refractivity contribution in [1.29, 1.82) is 0 Å². The maximum Gasteiger partial charge on any atom is 0.312 e. The Hall–Kier alpha value is -2.58. The zero-order valence-corrected chi connectivity index (χ0v) is 14.4. The van der Waals surface area contributed by atoms with Crippen molar-refractivity contribution in [1.82, 2.24) is 20.5 Å². The van der Waals surface area contributed by atoms with Gasteiger partial charge in [-0.2, -0.15) is 0 Å². The first-order valence-electron chi connectivity index (χ1n) is 8.48. The van der Waals surface area contributed by atoms with Gasteiger partial charge in [0, 0.05) is 25.0 Å². The number of rotatable bonds is 5. The van der Waals surface area contributed by atoms with Crippen molar-refractivity contribution in [2.45, 2.75) is 51.1 Å². The summed E-state index contributed by atoms with van der Waals surface area (Å²) in [6.07, 6.45) is 2.75. The predicted molar refractivity (Wildman–Crippen MR) is 87.8 cm³/mol. The molecule has 4 amide bonds. The smallest absolute Gasteiger partial charge is 0.312 e. The number of aromatic nitrogens is 1. The Bertz CT molecular complexity index is 697. The quantitative estimate of drug-likeness (QED) is 0.701. The molecular formula is C16H23N5O4. The number of carbonyl (C=O) groups excluding carboxylic acids is 3. The van der Waals surface area contributed by atoms with E-state index in [-0.39, 0.29) is 23.6 Å². The van der Waals surface area contributed by atoms with E-state index in [0.29, 0.717) is 37.0 Å². The van der Waals surface area contributed by atoms with Crippen LogP contribution in [0.2, 0.25) is 0 Å². The average molecular weight is 349 g/mol. The van der Waals surface area contributed by atoms with Crippen molar-refractivity contribution in [3.05, 3.63) is 17.3 Å². The lowest BCUT2D eigenvalue weighted by Crippen LogP contribution is -2.48. The second-order valence-electron chi connectivity index (χ2n) is 6.71. The van der Waals surface area contributed by atoms with Crippen LogP contribution in [0, 0.1) is 6.92 Å². The van der Waals surface area contributed by atoms with Crippen LogP contribution in [0.25, 0.3) is 0 Å². The standard InChI is InChI=1S/C16H23N5O4/c1-8-12(25-14(18-8)10-3-4-10)13(22)20-11-5-6-21(7-11)15(23)9(2)19-16(17)24/h9-11H,3-7H2,1-2H3,(H,20,22)(H3,17,19,24)/t9-,11-/m0/s1. The van der Waals surface area contributed by atoms with Crippen molar-refractivity contribution < 1.29 is 18.8 Å². The molecule has 2 aliphatic rings. The average Bonchev–Trinajstić information content (AvgIpc) is 3.17. The highest BCUT2D eigenvalue weighted by atomic mass is 16.4. The summed E-state index contributed by atoms with van der Waals surface area (Å²) >= 11 is 0. The zero-order chi connectivity index (χ0) is 18.1. The van der Waals surface area contributed by atoms with Gasteiger partial charge in [0.2, 0.25) is 11.7 Å². The first-order chi connectivity index (χ1) is 11.8. The molecule has 3 rings (SSSR count). The molecule has 9 heteroatoms. The van der Waals surface area contributed by atoms with Crippen LogP contribution in [0.1, 0.15) is 54.2 Å². The Morgan fingerprint density at radius 3 is 2.68 bits per heavy atom. The number of hydrogen-bond donors (Lipinski definition) is 3. The summed E-state index contributed by atoms with van der Waals surface area (Å²) in [4.78, 5) is 41.4. The van der Waals surface area contributed by atoms with Crippen LogP contribution in [-0.4, -0.2) is 52.9 Å². The summed E-state index contributed by atoms with van der Waals surface area (Å²) < 4.78 is 5.60. The third-order valence-corrected chi connectivity index (χ3v) is 4.51. The largest absolute Gasteiger partial charge is 0.435 e. The Balaban J connectivity index is 1.55. The first-order valence-corrected chi connectivity index (χ1v) is 8.48. The number of nitrogens with zero attached hydrogens (tertiary/aromatic N) is 2. The van der Waals surface area contributed by atoms with E-state index in [1.54, 1.807) is 18.7 Å². The lowest BCUT2D eigenvalue weighted by atomic mass is 10.2. The summed E-state index contributed by atoms with van der Waals surface area (Å²) in [5, 5.41) is 5.26. The summed E-state index contributed by atoms with van der Waals surface area (Å²) in [5.41, 5.74) is 5.62. The zero-order valence-electron chi connectivity index (χ0n) is 14.4. The molecular weight excluding hydrogens is 326 g/mol. The van der Waals surface area contributed by atoms with Gasteiger partial charge < -0.3 is 25.7 Å². The van der Waals surface area contributed by atoms with Crippen molar-refractivity contribution in [3.8, 4) is 0 Å². The van der Waals surface area contributed by atoms with E-state index < -0.39 is 12.1 Å². The number of carbonyl (C=O) groups is 3.